The zero-order valence-electron chi connectivity index (χ0n) is 11.3. The molecule has 0 aromatic heterocycles. The molecule has 0 amide bonds. The van der Waals surface area contributed by atoms with E-state index in [9.17, 15) is 9.18 Å². The maximum Gasteiger partial charge on any atom is 0.169 e. The van der Waals surface area contributed by atoms with Crippen LogP contribution in [0, 0.1) is 11.7 Å². The number of piperidine rings is 2. The summed E-state index contributed by atoms with van der Waals surface area (Å²) in [6.45, 7) is 0. The van der Waals surface area contributed by atoms with Crippen LogP contribution in [0.1, 0.15) is 42.5 Å². The zero-order chi connectivity index (χ0) is 13.4. The number of ketones is 1. The average Bonchev–Trinajstić information content (AvgIpc) is 2.38. The van der Waals surface area contributed by atoms with Gasteiger partial charge in [-0.05, 0) is 44.9 Å². The summed E-state index contributed by atoms with van der Waals surface area (Å²) in [6, 6.07) is 7.39. The third-order valence-electron chi connectivity index (χ3n) is 4.85. The molecule has 2 nitrogen and oxygen atoms in total. The lowest BCUT2D eigenvalue weighted by Crippen LogP contribution is -2.51. The lowest BCUT2D eigenvalue weighted by molar-refractivity contribution is 0.0337. The van der Waals surface area contributed by atoms with Gasteiger partial charge in [0, 0.05) is 18.0 Å². The minimum atomic E-state index is -0.378. The summed E-state index contributed by atoms with van der Waals surface area (Å²) in [5, 5.41) is 0. The van der Waals surface area contributed by atoms with E-state index in [1.54, 1.807) is 18.2 Å². The summed E-state index contributed by atoms with van der Waals surface area (Å²) < 4.78 is 13.7. The molecule has 0 radical (unpaired) electrons. The fourth-order valence-electron chi connectivity index (χ4n) is 3.71. The summed E-state index contributed by atoms with van der Waals surface area (Å²) in [7, 11) is 2.16. The van der Waals surface area contributed by atoms with Crippen molar-refractivity contribution in [3.63, 3.8) is 0 Å². The topological polar surface area (TPSA) is 20.3 Å². The molecule has 3 rings (SSSR count). The van der Waals surface area contributed by atoms with E-state index in [0.29, 0.717) is 12.1 Å². The van der Waals surface area contributed by atoms with Crippen LogP contribution in [0.25, 0.3) is 0 Å². The van der Waals surface area contributed by atoms with Gasteiger partial charge in [0.2, 0.25) is 0 Å². The van der Waals surface area contributed by atoms with Gasteiger partial charge < -0.3 is 4.90 Å². The van der Waals surface area contributed by atoms with Gasteiger partial charge in [-0.25, -0.2) is 4.39 Å². The number of nitrogens with zero attached hydrogens (tertiary/aromatic N) is 1. The molecule has 102 valence electrons. The van der Waals surface area contributed by atoms with E-state index >= 15 is 0 Å². The Morgan fingerprint density at radius 2 is 1.84 bits per heavy atom. The van der Waals surface area contributed by atoms with Crippen LogP contribution in [-0.4, -0.2) is 29.8 Å². The first-order chi connectivity index (χ1) is 9.16. The number of fused-ring (bicyclic) bond motifs is 2. The number of hydrogen-bond acceptors (Lipinski definition) is 2. The molecule has 0 aliphatic carbocycles. The predicted octanol–water partition coefficient (Wildman–Crippen LogP) is 3.27. The zero-order valence-corrected chi connectivity index (χ0v) is 11.3. The van der Waals surface area contributed by atoms with Crippen LogP contribution in [0.2, 0.25) is 0 Å². The van der Waals surface area contributed by atoms with Gasteiger partial charge in [-0.3, -0.25) is 4.79 Å². The molecule has 1 aromatic carbocycles. The van der Waals surface area contributed by atoms with Crippen LogP contribution in [0.15, 0.2) is 24.3 Å². The Hall–Kier alpha value is -1.22. The van der Waals surface area contributed by atoms with Crippen LogP contribution in [0.4, 0.5) is 4.39 Å². The van der Waals surface area contributed by atoms with Crippen molar-refractivity contribution in [3.05, 3.63) is 35.6 Å². The standard InChI is InChI=1S/C16H20FNO/c1-18-12-5-4-6-13(18)10-11(9-12)16(19)14-7-2-3-8-15(14)17/h2-3,7-8,11-13H,4-6,9-10H2,1H3. The molecule has 19 heavy (non-hydrogen) atoms. The van der Waals surface area contributed by atoms with Gasteiger partial charge in [0.25, 0.3) is 0 Å². The van der Waals surface area contributed by atoms with Crippen molar-refractivity contribution >= 4 is 5.78 Å². The van der Waals surface area contributed by atoms with Gasteiger partial charge in [0.1, 0.15) is 5.82 Å². The van der Waals surface area contributed by atoms with Crippen LogP contribution >= 0.6 is 0 Å². The maximum atomic E-state index is 13.7. The fraction of sp³-hybridized carbons (Fsp3) is 0.562. The van der Waals surface area contributed by atoms with E-state index in [1.165, 1.54) is 25.3 Å². The second-order valence-electron chi connectivity index (χ2n) is 5.92. The molecule has 2 saturated heterocycles. The highest BCUT2D eigenvalue weighted by Gasteiger charge is 2.39. The molecular formula is C16H20FNO. The minimum absolute atomic E-state index is 0.00287. The molecule has 2 aliphatic heterocycles. The van der Waals surface area contributed by atoms with E-state index in [4.69, 9.17) is 0 Å². The van der Waals surface area contributed by atoms with E-state index in [0.717, 1.165) is 12.8 Å². The summed E-state index contributed by atoms with van der Waals surface area (Å²) in [5.74, 6) is -0.372. The Labute approximate surface area is 113 Å². The lowest BCUT2D eigenvalue weighted by atomic mass is 9.76. The number of rotatable bonds is 2. The van der Waals surface area contributed by atoms with E-state index in [-0.39, 0.29) is 23.1 Å². The summed E-state index contributed by atoms with van der Waals surface area (Å²) in [6.07, 6.45) is 5.39. The predicted molar refractivity (Wildman–Crippen MR) is 72.6 cm³/mol. The number of carbonyl (C=O) groups excluding carboxylic acids is 1. The van der Waals surface area contributed by atoms with Crippen molar-refractivity contribution in [1.82, 2.24) is 4.90 Å². The quantitative estimate of drug-likeness (QED) is 0.762. The van der Waals surface area contributed by atoms with E-state index < -0.39 is 0 Å². The molecule has 2 fully saturated rings. The number of halogens is 1. The summed E-state index contributed by atoms with van der Waals surface area (Å²) >= 11 is 0. The molecule has 2 bridgehead atoms. The van der Waals surface area contributed by atoms with Gasteiger partial charge in [-0.2, -0.15) is 0 Å². The van der Waals surface area contributed by atoms with Crippen molar-refractivity contribution in [3.8, 4) is 0 Å². The van der Waals surface area contributed by atoms with Crippen molar-refractivity contribution < 1.29 is 9.18 Å². The third kappa shape index (κ3) is 2.32. The normalized spacial score (nSPS) is 31.2. The smallest absolute Gasteiger partial charge is 0.169 e. The van der Waals surface area contributed by atoms with Crippen LogP contribution in [0.3, 0.4) is 0 Å². The van der Waals surface area contributed by atoms with Gasteiger partial charge in [0.05, 0.1) is 5.56 Å². The monoisotopic (exact) mass is 261 g/mol. The molecule has 2 atom stereocenters. The van der Waals surface area contributed by atoms with Gasteiger partial charge in [-0.1, -0.05) is 18.6 Å². The molecule has 2 heterocycles. The highest BCUT2D eigenvalue weighted by molar-refractivity contribution is 5.98. The average molecular weight is 261 g/mol. The Kier molecular flexibility index (Phi) is 3.40. The fourth-order valence-corrected chi connectivity index (χ4v) is 3.71. The first-order valence-corrected chi connectivity index (χ1v) is 7.17. The Morgan fingerprint density at radius 1 is 1.21 bits per heavy atom. The van der Waals surface area contributed by atoms with Gasteiger partial charge in [-0.15, -0.1) is 0 Å². The van der Waals surface area contributed by atoms with E-state index in [2.05, 4.69) is 11.9 Å². The summed E-state index contributed by atoms with van der Waals surface area (Å²) in [4.78, 5) is 14.9. The van der Waals surface area contributed by atoms with Crippen molar-refractivity contribution in [2.75, 3.05) is 7.05 Å². The maximum absolute atomic E-state index is 13.7. The van der Waals surface area contributed by atoms with Crippen LogP contribution in [0.5, 0.6) is 0 Å². The largest absolute Gasteiger partial charge is 0.300 e. The summed E-state index contributed by atoms with van der Waals surface area (Å²) in [5.41, 5.74) is 0.273. The number of carbonyl (C=O) groups is 1. The second-order valence-corrected chi connectivity index (χ2v) is 5.92. The number of benzene rings is 1. The third-order valence-corrected chi connectivity index (χ3v) is 4.85. The Morgan fingerprint density at radius 3 is 2.47 bits per heavy atom. The highest BCUT2D eigenvalue weighted by Crippen LogP contribution is 2.37. The van der Waals surface area contributed by atoms with E-state index in [1.807, 2.05) is 0 Å². The minimum Gasteiger partial charge on any atom is -0.300 e. The van der Waals surface area contributed by atoms with Crippen molar-refractivity contribution in [1.29, 1.82) is 0 Å². The SMILES string of the molecule is CN1C2CCCC1CC(C(=O)c1ccccc1F)C2. The Balaban J connectivity index is 1.80. The molecule has 2 unspecified atom stereocenters. The lowest BCUT2D eigenvalue weighted by Gasteiger charge is -2.46. The van der Waals surface area contributed by atoms with Gasteiger partial charge >= 0.3 is 0 Å². The first-order valence-electron chi connectivity index (χ1n) is 7.17. The second kappa shape index (κ2) is 5.04. The molecule has 0 N–H and O–H groups in total. The number of hydrogen-bond donors (Lipinski definition) is 0. The van der Waals surface area contributed by atoms with Gasteiger partial charge in [0.15, 0.2) is 5.78 Å². The molecular weight excluding hydrogens is 241 g/mol. The molecule has 0 saturated carbocycles. The highest BCUT2D eigenvalue weighted by atomic mass is 19.1. The van der Waals surface area contributed by atoms with Crippen molar-refractivity contribution in [2.45, 2.75) is 44.2 Å². The Bertz CT molecular complexity index is 473. The first kappa shape index (κ1) is 12.8. The van der Waals surface area contributed by atoms with Crippen LogP contribution < -0.4 is 0 Å². The van der Waals surface area contributed by atoms with Crippen molar-refractivity contribution in [2.24, 2.45) is 5.92 Å². The molecule has 0 spiro atoms. The number of Topliss-reactive ketones (excluding diaryl/α,β-unsaturated/α-hetero) is 1. The molecule has 1 aromatic rings. The van der Waals surface area contributed by atoms with Crippen LogP contribution in [-0.2, 0) is 0 Å². The molecule has 2 aliphatic rings. The molecule has 3 heteroatoms.